The van der Waals surface area contributed by atoms with Gasteiger partial charge in [0.25, 0.3) is 10.0 Å². The third-order valence-electron chi connectivity index (χ3n) is 5.46. The summed E-state index contributed by atoms with van der Waals surface area (Å²) in [5, 5.41) is 0.980. The lowest BCUT2D eigenvalue weighted by molar-refractivity contribution is 0.287. The minimum Gasteiger partial charge on any atom is -0.365 e. The zero-order valence-electron chi connectivity index (χ0n) is 15.0. The molecule has 3 heterocycles. The van der Waals surface area contributed by atoms with Crippen molar-refractivity contribution < 1.29 is 8.42 Å². The number of fused-ring (bicyclic) bond motifs is 5. The molecule has 0 amide bonds. The van der Waals surface area contributed by atoms with Gasteiger partial charge in [-0.2, -0.15) is 0 Å². The minimum atomic E-state index is -3.70. The van der Waals surface area contributed by atoms with Crippen molar-refractivity contribution in [2.45, 2.75) is 24.3 Å². The number of nitrogens with zero attached hydrogens (tertiary/aromatic N) is 2. The summed E-state index contributed by atoms with van der Waals surface area (Å²) in [6, 6.07) is 14.9. The van der Waals surface area contributed by atoms with Crippen LogP contribution in [-0.2, 0) is 10.0 Å². The highest BCUT2D eigenvalue weighted by Crippen LogP contribution is 2.42. The smallest absolute Gasteiger partial charge is 0.268 e. The Hall–Kier alpha value is -2.79. The average molecular weight is 376 g/mol. The molecule has 0 spiro atoms. The van der Waals surface area contributed by atoms with Crippen LogP contribution < -0.4 is 0 Å². The number of hydrogen-bond acceptors (Lipinski definition) is 3. The van der Waals surface area contributed by atoms with E-state index < -0.39 is 10.0 Å². The standard InChI is InChI=1S/C22H20N2O2S/c1-16-9-11-17(12-10-16)27(25,26)24-20-7-3-2-6-18(20)19-13-15-23-14-5-4-8-21(23)22(19)24/h2-7,9-13,15,21H,8,14H2,1H3. The molecule has 2 aromatic carbocycles. The van der Waals surface area contributed by atoms with Gasteiger partial charge >= 0.3 is 0 Å². The van der Waals surface area contributed by atoms with Gasteiger partial charge in [0.05, 0.1) is 22.1 Å². The first-order valence-corrected chi connectivity index (χ1v) is 10.6. The molecule has 27 heavy (non-hydrogen) atoms. The molecule has 0 saturated carbocycles. The molecule has 0 radical (unpaired) electrons. The van der Waals surface area contributed by atoms with E-state index in [1.165, 1.54) is 0 Å². The summed E-state index contributed by atoms with van der Waals surface area (Å²) in [5.41, 5.74) is 3.66. The number of para-hydroxylation sites is 1. The van der Waals surface area contributed by atoms with Crippen LogP contribution in [0.2, 0.25) is 0 Å². The van der Waals surface area contributed by atoms with E-state index in [-0.39, 0.29) is 6.04 Å². The van der Waals surface area contributed by atoms with Gasteiger partial charge in [0.1, 0.15) is 0 Å². The summed E-state index contributed by atoms with van der Waals surface area (Å²) in [5.74, 6) is 0. The fraction of sp³-hybridized carbons (Fsp3) is 0.182. The number of benzene rings is 2. The molecule has 2 aliphatic rings. The van der Waals surface area contributed by atoms with Crippen molar-refractivity contribution in [3.8, 4) is 0 Å². The molecule has 4 nitrogen and oxygen atoms in total. The molecule has 1 atom stereocenters. The van der Waals surface area contributed by atoms with Crippen molar-refractivity contribution in [2.24, 2.45) is 0 Å². The van der Waals surface area contributed by atoms with Crippen molar-refractivity contribution >= 4 is 27.0 Å². The van der Waals surface area contributed by atoms with Crippen molar-refractivity contribution in [2.75, 3.05) is 6.54 Å². The number of aromatic nitrogens is 1. The molecule has 5 rings (SSSR count). The van der Waals surface area contributed by atoms with Crippen LogP contribution in [0.1, 0.15) is 29.3 Å². The minimum absolute atomic E-state index is 0.0302. The van der Waals surface area contributed by atoms with Gasteiger partial charge in [0.2, 0.25) is 0 Å². The lowest BCUT2D eigenvalue weighted by Gasteiger charge is -2.35. The van der Waals surface area contributed by atoms with Crippen LogP contribution in [0, 0.1) is 6.92 Å². The highest BCUT2D eigenvalue weighted by molar-refractivity contribution is 7.90. The normalized spacial score (nSPS) is 18.6. The van der Waals surface area contributed by atoms with Crippen LogP contribution in [0.5, 0.6) is 0 Å². The monoisotopic (exact) mass is 376 g/mol. The zero-order chi connectivity index (χ0) is 18.6. The predicted octanol–water partition coefficient (Wildman–Crippen LogP) is 4.47. The molecule has 0 aliphatic carbocycles. The van der Waals surface area contributed by atoms with E-state index in [0.29, 0.717) is 4.90 Å². The Morgan fingerprint density at radius 2 is 1.78 bits per heavy atom. The average Bonchev–Trinajstić information content (AvgIpc) is 3.04. The summed E-state index contributed by atoms with van der Waals surface area (Å²) in [7, 11) is -3.70. The molecule has 3 aromatic rings. The van der Waals surface area contributed by atoms with Gasteiger partial charge in [-0.05, 0) is 37.6 Å². The predicted molar refractivity (Wildman–Crippen MR) is 108 cm³/mol. The molecule has 0 fully saturated rings. The lowest BCUT2D eigenvalue weighted by Crippen LogP contribution is -2.31. The van der Waals surface area contributed by atoms with E-state index in [9.17, 15) is 8.42 Å². The van der Waals surface area contributed by atoms with Gasteiger partial charge in [-0.3, -0.25) is 0 Å². The first-order valence-electron chi connectivity index (χ1n) is 9.12. The fourth-order valence-corrected chi connectivity index (χ4v) is 5.70. The molecule has 2 aliphatic heterocycles. The van der Waals surface area contributed by atoms with Crippen molar-refractivity contribution in [1.82, 2.24) is 8.87 Å². The Morgan fingerprint density at radius 1 is 1.00 bits per heavy atom. The molecular formula is C22H20N2O2S. The molecular weight excluding hydrogens is 356 g/mol. The summed E-state index contributed by atoms with van der Waals surface area (Å²) in [6.07, 6.45) is 9.22. The first-order chi connectivity index (χ1) is 13.1. The van der Waals surface area contributed by atoms with Crippen LogP contribution in [0.25, 0.3) is 17.0 Å². The van der Waals surface area contributed by atoms with Crippen molar-refractivity contribution in [3.63, 3.8) is 0 Å². The maximum atomic E-state index is 13.7. The van der Waals surface area contributed by atoms with Gasteiger partial charge in [0.15, 0.2) is 0 Å². The SMILES string of the molecule is Cc1ccc(S(=O)(=O)n2c3c(c4ccccc42)C=CN2CC=CCC32)cc1. The summed E-state index contributed by atoms with van der Waals surface area (Å²) < 4.78 is 28.9. The van der Waals surface area contributed by atoms with Crippen LogP contribution in [0.3, 0.4) is 0 Å². The third kappa shape index (κ3) is 2.38. The van der Waals surface area contributed by atoms with E-state index in [1.54, 1.807) is 16.1 Å². The van der Waals surface area contributed by atoms with E-state index in [1.807, 2.05) is 43.3 Å². The van der Waals surface area contributed by atoms with Crippen LogP contribution in [0.15, 0.2) is 71.8 Å². The topological polar surface area (TPSA) is 42.3 Å². The fourth-order valence-electron chi connectivity index (χ4n) is 4.11. The molecule has 1 unspecified atom stereocenters. The molecule has 0 N–H and O–H groups in total. The quantitative estimate of drug-likeness (QED) is 0.620. The molecule has 1 aromatic heterocycles. The van der Waals surface area contributed by atoms with Gasteiger partial charge in [-0.1, -0.05) is 48.0 Å². The maximum absolute atomic E-state index is 13.7. The van der Waals surface area contributed by atoms with Crippen LogP contribution in [0.4, 0.5) is 0 Å². The maximum Gasteiger partial charge on any atom is 0.268 e. The lowest BCUT2D eigenvalue weighted by atomic mass is 9.97. The van der Waals surface area contributed by atoms with E-state index in [2.05, 4.69) is 29.3 Å². The van der Waals surface area contributed by atoms with Gasteiger partial charge in [0, 0.05) is 23.7 Å². The van der Waals surface area contributed by atoms with Gasteiger partial charge in [-0.25, -0.2) is 12.4 Å². The molecule has 5 heteroatoms. The second-order valence-electron chi connectivity index (χ2n) is 7.13. The zero-order valence-corrected chi connectivity index (χ0v) is 15.9. The Bertz CT molecular complexity index is 1200. The Labute approximate surface area is 159 Å². The van der Waals surface area contributed by atoms with Gasteiger partial charge in [-0.15, -0.1) is 0 Å². The van der Waals surface area contributed by atoms with E-state index >= 15 is 0 Å². The molecule has 0 bridgehead atoms. The van der Waals surface area contributed by atoms with Crippen LogP contribution >= 0.6 is 0 Å². The van der Waals surface area contributed by atoms with Crippen molar-refractivity contribution in [3.05, 3.63) is 83.7 Å². The Morgan fingerprint density at radius 3 is 2.59 bits per heavy atom. The van der Waals surface area contributed by atoms with E-state index in [0.717, 1.165) is 40.7 Å². The Kier molecular flexibility index (Phi) is 3.56. The highest BCUT2D eigenvalue weighted by atomic mass is 32.2. The summed E-state index contributed by atoms with van der Waals surface area (Å²) in [6.45, 7) is 2.76. The largest absolute Gasteiger partial charge is 0.365 e. The van der Waals surface area contributed by atoms with Crippen LogP contribution in [-0.4, -0.2) is 23.8 Å². The number of hydrogen-bond donors (Lipinski definition) is 0. The second-order valence-corrected chi connectivity index (χ2v) is 8.92. The van der Waals surface area contributed by atoms with Crippen molar-refractivity contribution in [1.29, 1.82) is 0 Å². The first kappa shape index (κ1) is 16.4. The second kappa shape index (κ2) is 5.86. The summed E-state index contributed by atoms with van der Waals surface area (Å²) in [4.78, 5) is 2.53. The van der Waals surface area contributed by atoms with Gasteiger partial charge < -0.3 is 4.90 Å². The number of aryl methyl sites for hydroxylation is 1. The highest BCUT2D eigenvalue weighted by Gasteiger charge is 2.34. The molecule has 0 saturated heterocycles. The number of rotatable bonds is 2. The Balaban J connectivity index is 1.84. The van der Waals surface area contributed by atoms with E-state index in [4.69, 9.17) is 0 Å². The summed E-state index contributed by atoms with van der Waals surface area (Å²) >= 11 is 0. The third-order valence-corrected chi connectivity index (χ3v) is 7.20. The molecule has 136 valence electrons.